The van der Waals surface area contributed by atoms with Crippen LogP contribution in [0.4, 0.5) is 0 Å². The van der Waals surface area contributed by atoms with Crippen molar-refractivity contribution in [1.29, 1.82) is 0 Å². The Morgan fingerprint density at radius 3 is 2.72 bits per heavy atom. The van der Waals surface area contributed by atoms with E-state index in [9.17, 15) is 8.42 Å². The highest BCUT2D eigenvalue weighted by atomic mass is 32.2. The van der Waals surface area contributed by atoms with Crippen LogP contribution in [0.3, 0.4) is 0 Å². The molecule has 2 rings (SSSR count). The third-order valence-electron chi connectivity index (χ3n) is 3.04. The summed E-state index contributed by atoms with van der Waals surface area (Å²) in [5.74, 6) is 0. The number of aromatic amines is 1. The van der Waals surface area contributed by atoms with Crippen LogP contribution in [-0.2, 0) is 16.6 Å². The Morgan fingerprint density at radius 1 is 1.44 bits per heavy atom. The quantitative estimate of drug-likeness (QED) is 0.827. The zero-order valence-electron chi connectivity index (χ0n) is 10.8. The second-order valence-electron chi connectivity index (χ2n) is 4.87. The summed E-state index contributed by atoms with van der Waals surface area (Å²) in [6, 6.07) is 0.308. The van der Waals surface area contributed by atoms with Gasteiger partial charge in [-0.05, 0) is 12.8 Å². The van der Waals surface area contributed by atoms with Gasteiger partial charge >= 0.3 is 0 Å². The molecule has 0 spiro atoms. The predicted molar refractivity (Wildman–Crippen MR) is 68.6 cm³/mol. The van der Waals surface area contributed by atoms with E-state index in [1.165, 1.54) is 4.31 Å². The summed E-state index contributed by atoms with van der Waals surface area (Å²) in [6.07, 6.45) is 3.46. The lowest BCUT2D eigenvalue weighted by atomic mass is 10.3. The molecule has 0 bridgehead atoms. The molecule has 0 aromatic carbocycles. The van der Waals surface area contributed by atoms with Crippen LogP contribution in [-0.4, -0.2) is 42.1 Å². The third kappa shape index (κ3) is 2.73. The highest BCUT2D eigenvalue weighted by Gasteiger charge is 2.30. The molecular weight excluding hydrogens is 252 g/mol. The summed E-state index contributed by atoms with van der Waals surface area (Å²) in [5.41, 5.74) is 0.704. The van der Waals surface area contributed by atoms with Crippen molar-refractivity contribution in [3.8, 4) is 0 Å². The minimum Gasteiger partial charge on any atom is -0.310 e. The number of nitrogens with zero attached hydrogens (tertiary/aromatic N) is 2. The van der Waals surface area contributed by atoms with E-state index in [0.717, 1.165) is 12.8 Å². The van der Waals surface area contributed by atoms with Crippen molar-refractivity contribution >= 4 is 10.0 Å². The third-order valence-corrected chi connectivity index (χ3v) is 4.96. The molecule has 0 amide bonds. The fourth-order valence-electron chi connectivity index (χ4n) is 2.02. The summed E-state index contributed by atoms with van der Waals surface area (Å²) in [7, 11) is -3.40. The van der Waals surface area contributed by atoms with Crippen molar-refractivity contribution in [2.24, 2.45) is 0 Å². The minimum absolute atomic E-state index is 0.234. The van der Waals surface area contributed by atoms with Gasteiger partial charge in [-0.25, -0.2) is 8.42 Å². The van der Waals surface area contributed by atoms with E-state index in [4.69, 9.17) is 0 Å². The van der Waals surface area contributed by atoms with Gasteiger partial charge in [0.25, 0.3) is 10.0 Å². The number of nitrogens with one attached hydrogen (secondary N) is 2. The lowest BCUT2D eigenvalue weighted by Gasteiger charge is -2.15. The summed E-state index contributed by atoms with van der Waals surface area (Å²) >= 11 is 0. The molecule has 0 radical (unpaired) electrons. The Bertz CT molecular complexity index is 489. The summed E-state index contributed by atoms with van der Waals surface area (Å²) in [4.78, 5) is 0. The summed E-state index contributed by atoms with van der Waals surface area (Å²) in [6.45, 7) is 5.77. The second kappa shape index (κ2) is 5.38. The standard InChI is InChI=1S/C11H20N4O2S/c1-9(2)12-7-10-8-13-14-11(10)18(16,17)15-5-3-4-6-15/h8-9,12H,3-7H2,1-2H3,(H,13,14). The zero-order valence-corrected chi connectivity index (χ0v) is 11.6. The molecule has 0 saturated carbocycles. The lowest BCUT2D eigenvalue weighted by Crippen LogP contribution is -2.30. The zero-order chi connectivity index (χ0) is 13.2. The fourth-order valence-corrected chi connectivity index (χ4v) is 3.64. The first kappa shape index (κ1) is 13.5. The molecule has 7 heteroatoms. The van der Waals surface area contributed by atoms with Crippen molar-refractivity contribution in [3.63, 3.8) is 0 Å². The number of H-pyrrole nitrogens is 1. The number of hydrogen-bond donors (Lipinski definition) is 2. The van der Waals surface area contributed by atoms with Crippen molar-refractivity contribution in [2.45, 2.75) is 44.3 Å². The molecular formula is C11H20N4O2S. The van der Waals surface area contributed by atoms with E-state index in [1.807, 2.05) is 13.8 Å². The van der Waals surface area contributed by atoms with E-state index in [-0.39, 0.29) is 5.03 Å². The van der Waals surface area contributed by atoms with Gasteiger partial charge in [-0.1, -0.05) is 13.8 Å². The van der Waals surface area contributed by atoms with Crippen molar-refractivity contribution in [3.05, 3.63) is 11.8 Å². The van der Waals surface area contributed by atoms with Gasteiger partial charge in [0.05, 0.1) is 6.20 Å². The first-order valence-corrected chi connectivity index (χ1v) is 7.71. The highest BCUT2D eigenvalue weighted by molar-refractivity contribution is 7.89. The van der Waals surface area contributed by atoms with Crippen LogP contribution < -0.4 is 5.32 Å². The van der Waals surface area contributed by atoms with Gasteiger partial charge in [0.15, 0.2) is 5.03 Å². The van der Waals surface area contributed by atoms with Gasteiger partial charge in [-0.15, -0.1) is 0 Å². The van der Waals surface area contributed by atoms with Gasteiger partial charge < -0.3 is 5.32 Å². The summed E-state index contributed by atoms with van der Waals surface area (Å²) < 4.78 is 26.3. The number of rotatable bonds is 5. The first-order chi connectivity index (χ1) is 8.51. The molecule has 0 aliphatic carbocycles. The van der Waals surface area contributed by atoms with Crippen LogP contribution in [0, 0.1) is 0 Å². The fraction of sp³-hybridized carbons (Fsp3) is 0.727. The molecule has 1 aromatic heterocycles. The SMILES string of the molecule is CC(C)NCc1cn[nH]c1S(=O)(=O)N1CCCC1. The van der Waals surface area contributed by atoms with Crippen molar-refractivity contribution < 1.29 is 8.42 Å². The van der Waals surface area contributed by atoms with Crippen LogP contribution >= 0.6 is 0 Å². The Kier molecular flexibility index (Phi) is 4.04. The van der Waals surface area contributed by atoms with Crippen molar-refractivity contribution in [1.82, 2.24) is 19.8 Å². The van der Waals surface area contributed by atoms with Crippen LogP contribution in [0.5, 0.6) is 0 Å². The molecule has 1 aliphatic heterocycles. The van der Waals surface area contributed by atoms with E-state index < -0.39 is 10.0 Å². The average molecular weight is 272 g/mol. The van der Waals surface area contributed by atoms with Gasteiger partial charge in [-0.2, -0.15) is 9.40 Å². The average Bonchev–Trinajstić information content (AvgIpc) is 2.97. The molecule has 1 aliphatic rings. The van der Waals surface area contributed by atoms with Gasteiger partial charge in [0, 0.05) is 31.2 Å². The van der Waals surface area contributed by atoms with Crippen LogP contribution in [0.25, 0.3) is 0 Å². The molecule has 0 atom stereocenters. The first-order valence-electron chi connectivity index (χ1n) is 6.27. The monoisotopic (exact) mass is 272 g/mol. The van der Waals surface area contributed by atoms with Gasteiger partial charge in [0.1, 0.15) is 0 Å². The second-order valence-corrected chi connectivity index (χ2v) is 6.75. The van der Waals surface area contributed by atoms with Crippen LogP contribution in [0.15, 0.2) is 11.2 Å². The molecule has 2 heterocycles. The number of hydrogen-bond acceptors (Lipinski definition) is 4. The largest absolute Gasteiger partial charge is 0.310 e. The molecule has 2 N–H and O–H groups in total. The van der Waals surface area contributed by atoms with E-state index in [1.54, 1.807) is 6.20 Å². The van der Waals surface area contributed by atoms with E-state index in [0.29, 0.717) is 31.2 Å². The smallest absolute Gasteiger partial charge is 0.260 e. The Balaban J connectivity index is 2.19. The Morgan fingerprint density at radius 2 is 2.11 bits per heavy atom. The minimum atomic E-state index is -3.40. The number of sulfonamides is 1. The summed E-state index contributed by atoms with van der Waals surface area (Å²) in [5, 5.41) is 9.94. The van der Waals surface area contributed by atoms with Crippen LogP contribution in [0.1, 0.15) is 32.3 Å². The van der Waals surface area contributed by atoms with Gasteiger partial charge in [0.2, 0.25) is 0 Å². The molecule has 0 unspecified atom stereocenters. The van der Waals surface area contributed by atoms with E-state index >= 15 is 0 Å². The van der Waals surface area contributed by atoms with Crippen LogP contribution in [0.2, 0.25) is 0 Å². The normalized spacial score (nSPS) is 17.7. The highest BCUT2D eigenvalue weighted by Crippen LogP contribution is 2.21. The van der Waals surface area contributed by atoms with Gasteiger partial charge in [-0.3, -0.25) is 5.10 Å². The van der Waals surface area contributed by atoms with E-state index in [2.05, 4.69) is 15.5 Å². The maximum atomic E-state index is 12.4. The predicted octanol–water partition coefficient (Wildman–Crippen LogP) is 0.692. The lowest BCUT2D eigenvalue weighted by molar-refractivity contribution is 0.472. The molecule has 6 nitrogen and oxygen atoms in total. The maximum absolute atomic E-state index is 12.4. The van der Waals surface area contributed by atoms with Crippen molar-refractivity contribution in [2.75, 3.05) is 13.1 Å². The number of aromatic nitrogens is 2. The Labute approximate surface area is 108 Å². The molecule has 1 saturated heterocycles. The topological polar surface area (TPSA) is 78.1 Å². The molecule has 1 aromatic rings. The maximum Gasteiger partial charge on any atom is 0.260 e. The molecule has 1 fully saturated rings. The molecule has 18 heavy (non-hydrogen) atoms. The Hall–Kier alpha value is -0.920. The molecule has 102 valence electrons.